The van der Waals surface area contributed by atoms with Gasteiger partial charge in [0, 0.05) is 13.1 Å². The lowest BCUT2D eigenvalue weighted by Crippen LogP contribution is -2.59. The van der Waals surface area contributed by atoms with Crippen LogP contribution < -0.4 is 5.73 Å². The molecule has 110 valence electrons. The molecule has 1 aliphatic heterocycles. The average molecular weight is 268 g/mol. The van der Waals surface area contributed by atoms with Crippen molar-refractivity contribution < 1.29 is 9.53 Å². The zero-order valence-corrected chi connectivity index (χ0v) is 12.4. The molecule has 0 bridgehead atoms. The first-order valence-corrected chi connectivity index (χ1v) is 7.81. The monoisotopic (exact) mass is 268 g/mol. The highest BCUT2D eigenvalue weighted by atomic mass is 16.5. The molecule has 1 saturated heterocycles. The molecule has 0 radical (unpaired) electrons. The van der Waals surface area contributed by atoms with Crippen molar-refractivity contribution in [3.8, 4) is 0 Å². The van der Waals surface area contributed by atoms with Crippen LogP contribution in [0, 0.1) is 5.41 Å². The predicted octanol–water partition coefficient (Wildman–Crippen LogP) is 1.92. The molecule has 4 heteroatoms. The van der Waals surface area contributed by atoms with Crippen molar-refractivity contribution in [1.82, 2.24) is 4.90 Å². The molecule has 1 saturated carbocycles. The number of ether oxygens (including phenoxy) is 1. The van der Waals surface area contributed by atoms with E-state index in [1.165, 1.54) is 12.8 Å². The first-order valence-electron chi connectivity index (χ1n) is 7.81. The van der Waals surface area contributed by atoms with Gasteiger partial charge in [0.25, 0.3) is 0 Å². The number of fused-ring (bicyclic) bond motifs is 1. The maximum Gasteiger partial charge on any atom is 0.230 e. The molecule has 2 unspecified atom stereocenters. The lowest BCUT2D eigenvalue weighted by molar-refractivity contribution is -0.160. The van der Waals surface area contributed by atoms with Gasteiger partial charge in [-0.1, -0.05) is 26.7 Å². The highest BCUT2D eigenvalue weighted by molar-refractivity contribution is 5.83. The fourth-order valence-electron chi connectivity index (χ4n) is 3.58. The largest absolute Gasteiger partial charge is 0.374 e. The van der Waals surface area contributed by atoms with Crippen LogP contribution in [0.4, 0.5) is 0 Å². The Morgan fingerprint density at radius 1 is 1.32 bits per heavy atom. The van der Waals surface area contributed by atoms with Crippen LogP contribution in [0.1, 0.15) is 52.4 Å². The average Bonchev–Trinajstić information content (AvgIpc) is 2.49. The van der Waals surface area contributed by atoms with E-state index < -0.39 is 0 Å². The number of nitrogens with zero attached hydrogens (tertiary/aromatic N) is 1. The summed E-state index contributed by atoms with van der Waals surface area (Å²) in [5, 5.41) is 0. The molecule has 2 aliphatic rings. The minimum absolute atomic E-state index is 0.260. The highest BCUT2D eigenvalue weighted by Gasteiger charge is 2.43. The third-order valence-electron chi connectivity index (χ3n) is 5.19. The van der Waals surface area contributed by atoms with Gasteiger partial charge in [0.15, 0.2) is 0 Å². The molecule has 2 atom stereocenters. The van der Waals surface area contributed by atoms with Gasteiger partial charge in [-0.05, 0) is 25.7 Å². The summed E-state index contributed by atoms with van der Waals surface area (Å²) in [6.45, 7) is 6.02. The van der Waals surface area contributed by atoms with Gasteiger partial charge in [-0.3, -0.25) is 4.79 Å². The Morgan fingerprint density at radius 3 is 2.63 bits per heavy atom. The van der Waals surface area contributed by atoms with Gasteiger partial charge >= 0.3 is 0 Å². The Labute approximate surface area is 116 Å². The number of carbonyl (C=O) groups is 1. The van der Waals surface area contributed by atoms with Crippen molar-refractivity contribution >= 4 is 5.91 Å². The first-order chi connectivity index (χ1) is 9.18. The maximum atomic E-state index is 13.0. The number of amides is 1. The molecule has 0 aromatic carbocycles. The summed E-state index contributed by atoms with van der Waals surface area (Å²) in [6, 6.07) is 0.291. The van der Waals surface area contributed by atoms with Crippen molar-refractivity contribution in [2.45, 2.75) is 64.5 Å². The van der Waals surface area contributed by atoms with Gasteiger partial charge in [-0.25, -0.2) is 0 Å². The van der Waals surface area contributed by atoms with Gasteiger partial charge in [0.05, 0.1) is 24.2 Å². The molecule has 0 aromatic heterocycles. The lowest BCUT2D eigenvalue weighted by atomic mass is 9.79. The van der Waals surface area contributed by atoms with E-state index in [1.54, 1.807) is 0 Å². The molecule has 2 fully saturated rings. The quantitative estimate of drug-likeness (QED) is 0.847. The van der Waals surface area contributed by atoms with Crippen molar-refractivity contribution in [3.63, 3.8) is 0 Å². The zero-order valence-electron chi connectivity index (χ0n) is 12.4. The van der Waals surface area contributed by atoms with E-state index >= 15 is 0 Å². The number of nitrogens with two attached hydrogens (primary N) is 1. The summed E-state index contributed by atoms with van der Waals surface area (Å²) >= 11 is 0. The first kappa shape index (κ1) is 14.8. The van der Waals surface area contributed by atoms with Crippen molar-refractivity contribution in [3.05, 3.63) is 0 Å². The van der Waals surface area contributed by atoms with Crippen molar-refractivity contribution in [1.29, 1.82) is 0 Å². The third-order valence-corrected chi connectivity index (χ3v) is 5.19. The lowest BCUT2D eigenvalue weighted by Gasteiger charge is -2.47. The molecule has 0 spiro atoms. The Hall–Kier alpha value is -0.610. The van der Waals surface area contributed by atoms with Gasteiger partial charge in [0.1, 0.15) is 0 Å². The highest BCUT2D eigenvalue weighted by Crippen LogP contribution is 2.34. The van der Waals surface area contributed by atoms with Crippen LogP contribution in [0.3, 0.4) is 0 Å². The summed E-state index contributed by atoms with van der Waals surface area (Å²) in [4.78, 5) is 15.0. The van der Waals surface area contributed by atoms with Crippen LogP contribution in [0.2, 0.25) is 0 Å². The molecular weight excluding hydrogens is 240 g/mol. The van der Waals surface area contributed by atoms with Crippen molar-refractivity contribution in [2.75, 3.05) is 19.7 Å². The topological polar surface area (TPSA) is 55.6 Å². The number of hydrogen-bond donors (Lipinski definition) is 1. The Balaban J connectivity index is 2.16. The van der Waals surface area contributed by atoms with E-state index in [2.05, 4.69) is 18.7 Å². The van der Waals surface area contributed by atoms with Gasteiger partial charge in [0.2, 0.25) is 5.91 Å². The predicted molar refractivity (Wildman–Crippen MR) is 75.8 cm³/mol. The van der Waals surface area contributed by atoms with E-state index in [1.807, 2.05) is 0 Å². The Kier molecular flexibility index (Phi) is 4.85. The summed E-state index contributed by atoms with van der Waals surface area (Å²) in [5.41, 5.74) is 5.56. The fraction of sp³-hybridized carbons (Fsp3) is 0.933. The van der Waals surface area contributed by atoms with Crippen LogP contribution in [0.5, 0.6) is 0 Å². The Bertz CT molecular complexity index is 305. The molecule has 1 aliphatic carbocycles. The second-order valence-electron chi connectivity index (χ2n) is 5.95. The minimum atomic E-state index is -0.362. The van der Waals surface area contributed by atoms with E-state index in [0.29, 0.717) is 19.2 Å². The molecule has 2 rings (SSSR count). The van der Waals surface area contributed by atoms with E-state index in [0.717, 1.165) is 32.2 Å². The normalized spacial score (nSPS) is 28.1. The second-order valence-corrected chi connectivity index (χ2v) is 5.95. The number of carbonyl (C=O) groups excluding carboxylic acids is 1. The van der Waals surface area contributed by atoms with E-state index in [-0.39, 0.29) is 17.4 Å². The number of hydrogen-bond acceptors (Lipinski definition) is 3. The molecule has 1 amide bonds. The van der Waals surface area contributed by atoms with Gasteiger partial charge in [-0.2, -0.15) is 0 Å². The van der Waals surface area contributed by atoms with E-state index in [4.69, 9.17) is 10.5 Å². The third kappa shape index (κ3) is 2.65. The zero-order chi connectivity index (χ0) is 13.9. The molecule has 1 heterocycles. The molecule has 4 nitrogen and oxygen atoms in total. The maximum absolute atomic E-state index is 13.0. The second kappa shape index (κ2) is 6.23. The molecule has 19 heavy (non-hydrogen) atoms. The summed E-state index contributed by atoms with van der Waals surface area (Å²) in [6.07, 6.45) is 6.54. The smallest absolute Gasteiger partial charge is 0.230 e. The summed E-state index contributed by atoms with van der Waals surface area (Å²) < 4.78 is 5.85. The Morgan fingerprint density at radius 2 is 2.00 bits per heavy atom. The van der Waals surface area contributed by atoms with Crippen LogP contribution in [0.15, 0.2) is 0 Å². The van der Waals surface area contributed by atoms with Crippen LogP contribution in [-0.2, 0) is 9.53 Å². The molecular formula is C15H28N2O2. The molecule has 0 aromatic rings. The number of rotatable bonds is 4. The van der Waals surface area contributed by atoms with Crippen LogP contribution in [-0.4, -0.2) is 42.6 Å². The fourth-order valence-corrected chi connectivity index (χ4v) is 3.58. The minimum Gasteiger partial charge on any atom is -0.374 e. The number of morpholine rings is 1. The SMILES string of the molecule is CCC(CC)(CN)C(=O)N1CCOC2CCCCC21. The van der Waals surface area contributed by atoms with E-state index in [9.17, 15) is 4.79 Å². The van der Waals surface area contributed by atoms with Gasteiger partial charge < -0.3 is 15.4 Å². The molecule has 2 N–H and O–H groups in total. The van der Waals surface area contributed by atoms with Crippen LogP contribution >= 0.6 is 0 Å². The van der Waals surface area contributed by atoms with Crippen molar-refractivity contribution in [2.24, 2.45) is 11.1 Å². The van der Waals surface area contributed by atoms with Gasteiger partial charge in [-0.15, -0.1) is 0 Å². The summed E-state index contributed by atoms with van der Waals surface area (Å²) in [7, 11) is 0. The van der Waals surface area contributed by atoms with Crippen LogP contribution in [0.25, 0.3) is 0 Å². The standard InChI is InChI=1S/C15H28N2O2/c1-3-15(4-2,11-16)14(18)17-9-10-19-13-8-6-5-7-12(13)17/h12-13H,3-11,16H2,1-2H3. The summed E-state index contributed by atoms with van der Waals surface area (Å²) in [5.74, 6) is 0.264.